The highest BCUT2D eigenvalue weighted by atomic mass is 19.4. The standard InChI is InChI=1S/C10H10F3NO/c1-6-4-7(10(11,12)13)5-8-9(6)15-3-2-14-8/h4-5,14H,2-3H2,1H3. The molecule has 1 heterocycles. The first-order valence-corrected chi connectivity index (χ1v) is 4.57. The normalized spacial score (nSPS) is 15.2. The van der Waals surface area contributed by atoms with Crippen molar-refractivity contribution >= 4 is 5.69 Å². The number of anilines is 1. The molecule has 2 nitrogen and oxygen atoms in total. The number of nitrogens with one attached hydrogen (secondary N) is 1. The quantitative estimate of drug-likeness (QED) is 0.721. The molecule has 1 aliphatic rings. The third-order valence-corrected chi connectivity index (χ3v) is 2.27. The van der Waals surface area contributed by atoms with Crippen LogP contribution < -0.4 is 10.1 Å². The predicted molar refractivity (Wildman–Crippen MR) is 50.2 cm³/mol. The van der Waals surface area contributed by atoms with Crippen LogP contribution in [0.5, 0.6) is 5.75 Å². The molecule has 82 valence electrons. The van der Waals surface area contributed by atoms with Crippen molar-refractivity contribution in [3.8, 4) is 5.75 Å². The van der Waals surface area contributed by atoms with Crippen LogP contribution >= 0.6 is 0 Å². The second-order valence-electron chi connectivity index (χ2n) is 3.44. The van der Waals surface area contributed by atoms with Crippen LogP contribution in [0.4, 0.5) is 18.9 Å². The Kier molecular flexibility index (Phi) is 2.25. The van der Waals surface area contributed by atoms with Gasteiger partial charge in [0.2, 0.25) is 0 Å². The fourth-order valence-corrected chi connectivity index (χ4v) is 1.60. The number of aryl methyl sites for hydroxylation is 1. The van der Waals surface area contributed by atoms with Crippen LogP contribution in [-0.4, -0.2) is 13.2 Å². The highest BCUT2D eigenvalue weighted by Gasteiger charge is 2.32. The lowest BCUT2D eigenvalue weighted by atomic mass is 10.1. The summed E-state index contributed by atoms with van der Waals surface area (Å²) in [5, 5.41) is 2.89. The molecule has 0 aromatic heterocycles. The Morgan fingerprint density at radius 2 is 2.07 bits per heavy atom. The van der Waals surface area contributed by atoms with E-state index in [-0.39, 0.29) is 0 Å². The second kappa shape index (κ2) is 3.32. The first kappa shape index (κ1) is 10.1. The first-order chi connectivity index (χ1) is 6.98. The third kappa shape index (κ3) is 1.86. The number of benzene rings is 1. The number of ether oxygens (including phenoxy) is 1. The van der Waals surface area contributed by atoms with Gasteiger partial charge >= 0.3 is 6.18 Å². The van der Waals surface area contributed by atoms with Crippen LogP contribution in [0.1, 0.15) is 11.1 Å². The lowest BCUT2D eigenvalue weighted by Gasteiger charge is -2.22. The SMILES string of the molecule is Cc1cc(C(F)(F)F)cc2c1OCCN2. The molecule has 1 aliphatic heterocycles. The summed E-state index contributed by atoms with van der Waals surface area (Å²) in [7, 11) is 0. The number of hydrogen-bond donors (Lipinski definition) is 1. The summed E-state index contributed by atoms with van der Waals surface area (Å²) in [6, 6.07) is 2.19. The maximum absolute atomic E-state index is 12.5. The van der Waals surface area contributed by atoms with E-state index in [9.17, 15) is 13.2 Å². The van der Waals surface area contributed by atoms with Gasteiger partial charge in [-0.05, 0) is 24.6 Å². The first-order valence-electron chi connectivity index (χ1n) is 4.57. The van der Waals surface area contributed by atoms with Gasteiger partial charge in [-0.1, -0.05) is 0 Å². The Balaban J connectivity index is 2.50. The average Bonchev–Trinajstić information content (AvgIpc) is 2.16. The van der Waals surface area contributed by atoms with E-state index in [1.165, 1.54) is 0 Å². The van der Waals surface area contributed by atoms with E-state index in [1.54, 1.807) is 6.92 Å². The number of hydrogen-bond acceptors (Lipinski definition) is 2. The van der Waals surface area contributed by atoms with E-state index in [2.05, 4.69) is 5.32 Å². The van der Waals surface area contributed by atoms with Gasteiger partial charge in [0, 0.05) is 6.54 Å². The van der Waals surface area contributed by atoms with E-state index in [0.717, 1.165) is 12.1 Å². The molecule has 1 aromatic rings. The Labute approximate surface area is 85.0 Å². The summed E-state index contributed by atoms with van der Waals surface area (Å²) >= 11 is 0. The lowest BCUT2D eigenvalue weighted by molar-refractivity contribution is -0.137. The van der Waals surface area contributed by atoms with Gasteiger partial charge < -0.3 is 10.1 Å². The fraction of sp³-hybridized carbons (Fsp3) is 0.400. The molecular formula is C10H10F3NO. The van der Waals surface area contributed by atoms with Gasteiger partial charge in [-0.15, -0.1) is 0 Å². The molecule has 0 radical (unpaired) electrons. The summed E-state index contributed by atoms with van der Waals surface area (Å²) in [4.78, 5) is 0. The van der Waals surface area contributed by atoms with Crippen molar-refractivity contribution in [2.24, 2.45) is 0 Å². The van der Waals surface area contributed by atoms with Gasteiger partial charge in [0.1, 0.15) is 12.4 Å². The number of alkyl halides is 3. The maximum atomic E-state index is 12.5. The zero-order valence-electron chi connectivity index (χ0n) is 8.11. The number of rotatable bonds is 0. The van der Waals surface area contributed by atoms with Crippen LogP contribution in [0.2, 0.25) is 0 Å². The van der Waals surface area contributed by atoms with Gasteiger partial charge in [0.25, 0.3) is 0 Å². The third-order valence-electron chi connectivity index (χ3n) is 2.27. The molecule has 0 bridgehead atoms. The second-order valence-corrected chi connectivity index (χ2v) is 3.44. The average molecular weight is 217 g/mol. The minimum absolute atomic E-state index is 0.425. The monoisotopic (exact) mass is 217 g/mol. The van der Waals surface area contributed by atoms with Gasteiger partial charge in [-0.25, -0.2) is 0 Å². The Morgan fingerprint density at radius 1 is 1.33 bits per heavy atom. The van der Waals surface area contributed by atoms with Crippen molar-refractivity contribution < 1.29 is 17.9 Å². The highest BCUT2D eigenvalue weighted by Crippen LogP contribution is 2.38. The summed E-state index contributed by atoms with van der Waals surface area (Å²) in [6.07, 6.45) is -4.31. The molecule has 15 heavy (non-hydrogen) atoms. The molecule has 1 aromatic carbocycles. The molecular weight excluding hydrogens is 207 g/mol. The van der Waals surface area contributed by atoms with E-state index in [0.29, 0.717) is 30.2 Å². The lowest BCUT2D eigenvalue weighted by Crippen LogP contribution is -2.19. The Morgan fingerprint density at radius 3 is 2.73 bits per heavy atom. The zero-order valence-corrected chi connectivity index (χ0v) is 8.11. The topological polar surface area (TPSA) is 21.3 Å². The molecule has 0 saturated heterocycles. The largest absolute Gasteiger partial charge is 0.489 e. The number of halogens is 3. The molecule has 0 saturated carbocycles. The fourth-order valence-electron chi connectivity index (χ4n) is 1.60. The molecule has 5 heteroatoms. The molecule has 0 atom stereocenters. The molecule has 0 fully saturated rings. The smallest absolute Gasteiger partial charge is 0.416 e. The van der Waals surface area contributed by atoms with Gasteiger partial charge in [-0.3, -0.25) is 0 Å². The van der Waals surface area contributed by atoms with E-state index in [4.69, 9.17) is 4.74 Å². The van der Waals surface area contributed by atoms with Crippen LogP contribution in [0.3, 0.4) is 0 Å². The Hall–Kier alpha value is -1.39. The molecule has 0 aliphatic carbocycles. The molecule has 0 amide bonds. The van der Waals surface area contributed by atoms with Crippen molar-refractivity contribution in [2.75, 3.05) is 18.5 Å². The van der Waals surface area contributed by atoms with Crippen molar-refractivity contribution in [1.29, 1.82) is 0 Å². The van der Waals surface area contributed by atoms with Crippen LogP contribution in [0.15, 0.2) is 12.1 Å². The zero-order chi connectivity index (χ0) is 11.1. The van der Waals surface area contributed by atoms with Crippen LogP contribution in [-0.2, 0) is 6.18 Å². The highest BCUT2D eigenvalue weighted by molar-refractivity contribution is 5.63. The number of fused-ring (bicyclic) bond motifs is 1. The minimum atomic E-state index is -4.31. The maximum Gasteiger partial charge on any atom is 0.416 e. The van der Waals surface area contributed by atoms with Crippen molar-refractivity contribution in [1.82, 2.24) is 0 Å². The van der Waals surface area contributed by atoms with E-state index in [1.807, 2.05) is 0 Å². The summed E-state index contributed by atoms with van der Waals surface area (Å²) in [5.41, 5.74) is 0.289. The van der Waals surface area contributed by atoms with E-state index >= 15 is 0 Å². The summed E-state index contributed by atoms with van der Waals surface area (Å²) < 4.78 is 42.7. The molecule has 0 spiro atoms. The predicted octanol–water partition coefficient (Wildman–Crippen LogP) is 2.82. The molecule has 0 unspecified atom stereocenters. The van der Waals surface area contributed by atoms with Gasteiger partial charge in [-0.2, -0.15) is 13.2 Å². The van der Waals surface area contributed by atoms with Crippen molar-refractivity contribution in [3.63, 3.8) is 0 Å². The molecule has 1 N–H and O–H groups in total. The summed E-state index contributed by atoms with van der Waals surface area (Å²) in [6.45, 7) is 2.63. The van der Waals surface area contributed by atoms with Crippen molar-refractivity contribution in [3.05, 3.63) is 23.3 Å². The molecule has 2 rings (SSSR count). The van der Waals surface area contributed by atoms with Crippen LogP contribution in [0, 0.1) is 6.92 Å². The van der Waals surface area contributed by atoms with Gasteiger partial charge in [0.15, 0.2) is 0 Å². The summed E-state index contributed by atoms with van der Waals surface area (Å²) in [5.74, 6) is 0.522. The Bertz CT molecular complexity index is 387. The van der Waals surface area contributed by atoms with Crippen LogP contribution in [0.25, 0.3) is 0 Å². The van der Waals surface area contributed by atoms with Gasteiger partial charge in [0.05, 0.1) is 11.3 Å². The van der Waals surface area contributed by atoms with Crippen molar-refractivity contribution in [2.45, 2.75) is 13.1 Å². The minimum Gasteiger partial charge on any atom is -0.489 e. The van der Waals surface area contributed by atoms with E-state index < -0.39 is 11.7 Å².